The Bertz CT molecular complexity index is 1580. The fourth-order valence-electron chi connectivity index (χ4n) is 4.96. The van der Waals surface area contributed by atoms with Crippen LogP contribution in [0.5, 0.6) is 11.5 Å². The number of anilines is 1. The van der Waals surface area contributed by atoms with Gasteiger partial charge in [-0.1, -0.05) is 12.1 Å². The van der Waals surface area contributed by atoms with Crippen LogP contribution in [-0.2, 0) is 11.2 Å². The maximum absolute atomic E-state index is 15.3. The molecule has 0 bridgehead atoms. The van der Waals surface area contributed by atoms with Crippen LogP contribution in [0.25, 0.3) is 10.9 Å². The molecule has 3 aromatic carbocycles. The van der Waals surface area contributed by atoms with Gasteiger partial charge in [-0.2, -0.15) is 0 Å². The van der Waals surface area contributed by atoms with Crippen LogP contribution in [0, 0.1) is 25.5 Å². The number of aromatic nitrogens is 1. The van der Waals surface area contributed by atoms with Gasteiger partial charge in [0.05, 0.1) is 29.7 Å². The molecule has 38 heavy (non-hydrogen) atoms. The summed E-state index contributed by atoms with van der Waals surface area (Å²) in [7, 11) is 1.96. The molecule has 1 aliphatic heterocycles. The van der Waals surface area contributed by atoms with Gasteiger partial charge in [0.15, 0.2) is 0 Å². The number of halogens is 2. The Morgan fingerprint density at radius 3 is 2.63 bits per heavy atom. The zero-order chi connectivity index (χ0) is 27.1. The maximum Gasteiger partial charge on any atom is 0.307 e. The summed E-state index contributed by atoms with van der Waals surface area (Å²) in [6, 6.07) is 14.0. The number of rotatable bonds is 6. The van der Waals surface area contributed by atoms with Crippen molar-refractivity contribution < 1.29 is 33.0 Å². The van der Waals surface area contributed by atoms with Gasteiger partial charge >= 0.3 is 5.97 Å². The molecule has 0 saturated heterocycles. The van der Waals surface area contributed by atoms with Crippen molar-refractivity contribution in [3.63, 3.8) is 0 Å². The molecule has 196 valence electrons. The van der Waals surface area contributed by atoms with E-state index < -0.39 is 29.9 Å². The number of carboxylic acid groups (broad SMARTS) is 1. The van der Waals surface area contributed by atoms with Gasteiger partial charge in [0.1, 0.15) is 35.8 Å². The van der Waals surface area contributed by atoms with Crippen LogP contribution in [0.2, 0.25) is 0 Å². The van der Waals surface area contributed by atoms with E-state index in [0.717, 1.165) is 11.4 Å². The smallest absolute Gasteiger partial charge is 0.307 e. The monoisotopic (exact) mass is 520 g/mol. The van der Waals surface area contributed by atoms with Crippen molar-refractivity contribution in [3.05, 3.63) is 88.6 Å². The quantitative estimate of drug-likeness (QED) is 0.380. The van der Waals surface area contributed by atoms with E-state index in [4.69, 9.17) is 9.47 Å². The predicted octanol–water partition coefficient (Wildman–Crippen LogP) is 5.13. The molecule has 2 heterocycles. The van der Waals surface area contributed by atoms with Crippen molar-refractivity contribution in [2.75, 3.05) is 25.1 Å². The Morgan fingerprint density at radius 2 is 1.87 bits per heavy atom. The number of carboxylic acids is 1. The summed E-state index contributed by atoms with van der Waals surface area (Å²) in [5, 5.41) is 9.63. The van der Waals surface area contributed by atoms with Gasteiger partial charge in [0.2, 0.25) is 0 Å². The highest BCUT2D eigenvalue weighted by atomic mass is 19.1. The average Bonchev–Trinajstić information content (AvgIpc) is 3.14. The lowest BCUT2D eigenvalue weighted by Crippen LogP contribution is -2.41. The van der Waals surface area contributed by atoms with E-state index in [9.17, 15) is 19.1 Å². The van der Waals surface area contributed by atoms with Gasteiger partial charge in [-0.3, -0.25) is 14.2 Å². The van der Waals surface area contributed by atoms with E-state index in [1.165, 1.54) is 34.9 Å². The Balaban J connectivity index is 1.41. The third-order valence-corrected chi connectivity index (χ3v) is 6.80. The summed E-state index contributed by atoms with van der Waals surface area (Å²) in [4.78, 5) is 27.0. The second kappa shape index (κ2) is 9.81. The van der Waals surface area contributed by atoms with Crippen molar-refractivity contribution in [2.24, 2.45) is 0 Å². The van der Waals surface area contributed by atoms with Crippen LogP contribution >= 0.6 is 0 Å². The van der Waals surface area contributed by atoms with E-state index in [2.05, 4.69) is 4.90 Å². The topological polar surface area (TPSA) is 81.0 Å². The van der Waals surface area contributed by atoms with Gasteiger partial charge in [-0.25, -0.2) is 8.78 Å². The second-order valence-corrected chi connectivity index (χ2v) is 9.43. The van der Waals surface area contributed by atoms with E-state index >= 15 is 4.39 Å². The van der Waals surface area contributed by atoms with Crippen LogP contribution in [-0.4, -0.2) is 47.9 Å². The van der Waals surface area contributed by atoms with E-state index in [1.54, 1.807) is 13.8 Å². The number of carbonyl (C=O) groups is 2. The molecule has 5 rings (SSSR count). The van der Waals surface area contributed by atoms with Crippen LogP contribution in [0.15, 0.2) is 54.6 Å². The predicted molar refractivity (Wildman–Crippen MR) is 138 cm³/mol. The lowest BCUT2D eigenvalue weighted by Gasteiger charge is -2.33. The minimum Gasteiger partial charge on any atom is -0.489 e. The van der Waals surface area contributed by atoms with E-state index in [-0.39, 0.29) is 24.0 Å². The highest BCUT2D eigenvalue weighted by Crippen LogP contribution is 2.33. The zero-order valence-electron chi connectivity index (χ0n) is 21.1. The Morgan fingerprint density at radius 1 is 1.11 bits per heavy atom. The van der Waals surface area contributed by atoms with E-state index in [0.29, 0.717) is 34.3 Å². The molecule has 9 heteroatoms. The van der Waals surface area contributed by atoms with Crippen LogP contribution in [0.4, 0.5) is 14.5 Å². The number of fused-ring (bicyclic) bond motifs is 2. The molecular weight excluding hydrogens is 494 g/mol. The van der Waals surface area contributed by atoms with Crippen molar-refractivity contribution in [2.45, 2.75) is 26.4 Å². The molecule has 0 saturated carbocycles. The number of hydrogen-bond donors (Lipinski definition) is 1. The van der Waals surface area contributed by atoms with Gasteiger partial charge in [0.25, 0.3) is 5.91 Å². The van der Waals surface area contributed by atoms with Gasteiger partial charge in [0, 0.05) is 24.2 Å². The summed E-state index contributed by atoms with van der Waals surface area (Å²) >= 11 is 0. The molecule has 1 N–H and O–H groups in total. The van der Waals surface area contributed by atoms with Crippen molar-refractivity contribution >= 4 is 28.5 Å². The van der Waals surface area contributed by atoms with Gasteiger partial charge in [-0.05, 0) is 61.4 Å². The highest BCUT2D eigenvalue weighted by molar-refractivity contribution is 6.05. The lowest BCUT2D eigenvalue weighted by atomic mass is 10.1. The van der Waals surface area contributed by atoms with Crippen molar-refractivity contribution in [3.8, 4) is 11.5 Å². The molecule has 7 nitrogen and oxygen atoms in total. The molecule has 0 amide bonds. The number of aliphatic carboxylic acids is 1. The first-order valence-electron chi connectivity index (χ1n) is 12.1. The number of carbonyl (C=O) groups excluding carboxylic acids is 1. The minimum atomic E-state index is -1.12. The maximum atomic E-state index is 15.3. The Hall–Kier alpha value is -4.40. The summed E-state index contributed by atoms with van der Waals surface area (Å²) in [6.07, 6.45) is -0.677. The molecule has 0 radical (unpaired) electrons. The lowest BCUT2D eigenvalue weighted by molar-refractivity contribution is -0.136. The third kappa shape index (κ3) is 4.55. The first kappa shape index (κ1) is 25.3. The number of ether oxygens (including phenoxy) is 2. The molecule has 0 unspecified atom stereocenters. The Labute approximate surface area is 217 Å². The molecule has 0 aliphatic carbocycles. The van der Waals surface area contributed by atoms with Crippen molar-refractivity contribution in [1.82, 2.24) is 4.57 Å². The number of likely N-dealkylation sites (N-methyl/N-ethyl adjacent to an activating group) is 1. The number of para-hydroxylation sites is 2. The fourth-order valence-corrected chi connectivity index (χ4v) is 4.96. The van der Waals surface area contributed by atoms with Crippen LogP contribution < -0.4 is 14.4 Å². The molecule has 0 fully saturated rings. The number of hydrogen-bond acceptors (Lipinski definition) is 5. The minimum absolute atomic E-state index is 0.178. The normalized spacial score (nSPS) is 14.8. The number of nitrogens with zero attached hydrogens (tertiary/aromatic N) is 2. The summed E-state index contributed by atoms with van der Waals surface area (Å²) < 4.78 is 42.4. The van der Waals surface area contributed by atoms with E-state index in [1.807, 2.05) is 31.3 Å². The molecule has 1 aliphatic rings. The average molecular weight is 521 g/mol. The first-order valence-corrected chi connectivity index (χ1v) is 12.1. The zero-order valence-corrected chi connectivity index (χ0v) is 21.1. The fraction of sp³-hybridized carbons (Fsp3) is 0.241. The first-order chi connectivity index (χ1) is 18.1. The Kier molecular flexibility index (Phi) is 6.52. The SMILES string of the molecule is Cc1cc(C(=O)n2c(C)c(CC(=O)O)c3cc(F)ccc32)c(F)cc1OC[C@@H]1CN(C)c2ccccc2O1. The molecule has 1 aromatic heterocycles. The molecule has 0 spiro atoms. The van der Waals surface area contributed by atoms with Crippen LogP contribution in [0.1, 0.15) is 27.2 Å². The number of benzene rings is 3. The standard InChI is InChI=1S/C29H26F2N2O5/c1-16-10-22(29(36)33-17(2)20(12-28(34)35)21-11-18(30)8-9-24(21)33)23(31)13-27(16)37-15-19-14-32(3)25-6-4-5-7-26(25)38-19/h4-11,13,19H,12,14-15H2,1-3H3,(H,34,35)/t19-/m0/s1. The summed E-state index contributed by atoms with van der Waals surface area (Å²) in [5.74, 6) is -2.12. The highest BCUT2D eigenvalue weighted by Gasteiger charge is 2.26. The second-order valence-electron chi connectivity index (χ2n) is 9.43. The molecule has 4 aromatic rings. The largest absolute Gasteiger partial charge is 0.489 e. The summed E-state index contributed by atoms with van der Waals surface area (Å²) in [5.41, 5.74) is 2.25. The molecular formula is C29H26F2N2O5. The molecule has 1 atom stereocenters. The number of aryl methyl sites for hydroxylation is 1. The van der Waals surface area contributed by atoms with Gasteiger partial charge in [-0.15, -0.1) is 0 Å². The summed E-state index contributed by atoms with van der Waals surface area (Å²) in [6.45, 7) is 4.04. The van der Waals surface area contributed by atoms with Gasteiger partial charge < -0.3 is 19.5 Å². The van der Waals surface area contributed by atoms with Crippen molar-refractivity contribution in [1.29, 1.82) is 0 Å². The van der Waals surface area contributed by atoms with Crippen LogP contribution in [0.3, 0.4) is 0 Å². The third-order valence-electron chi connectivity index (χ3n) is 6.80.